The third-order valence-electron chi connectivity index (χ3n) is 2.79. The third kappa shape index (κ3) is 3.47. The number of anilines is 2. The summed E-state index contributed by atoms with van der Waals surface area (Å²) < 4.78 is 18.6. The third-order valence-corrected chi connectivity index (χ3v) is 2.79. The Morgan fingerprint density at radius 1 is 1.25 bits per heavy atom. The van der Waals surface area contributed by atoms with Gasteiger partial charge in [-0.25, -0.2) is 4.39 Å². The molecule has 0 aliphatic heterocycles. The molecule has 2 aromatic rings. The number of methoxy groups -OCH3 is 1. The van der Waals surface area contributed by atoms with Gasteiger partial charge in [-0.1, -0.05) is 12.1 Å². The van der Waals surface area contributed by atoms with Crippen LogP contribution in [0.15, 0.2) is 42.5 Å². The summed E-state index contributed by atoms with van der Waals surface area (Å²) in [6.45, 7) is 0. The average Bonchev–Trinajstić information content (AvgIpc) is 2.43. The molecule has 0 fully saturated rings. The van der Waals surface area contributed by atoms with Crippen LogP contribution in [0.1, 0.15) is 5.56 Å². The van der Waals surface area contributed by atoms with Crippen LogP contribution in [0.4, 0.5) is 15.8 Å². The number of hydrogen-bond donors (Lipinski definition) is 2. The van der Waals surface area contributed by atoms with E-state index < -0.39 is 5.82 Å². The van der Waals surface area contributed by atoms with Gasteiger partial charge in [-0.15, -0.1) is 0 Å². The highest BCUT2D eigenvalue weighted by Crippen LogP contribution is 2.17. The Morgan fingerprint density at radius 3 is 2.55 bits per heavy atom. The molecule has 104 valence electrons. The Balaban J connectivity index is 2.01. The molecule has 2 aromatic carbocycles. The van der Waals surface area contributed by atoms with Gasteiger partial charge in [-0.2, -0.15) is 0 Å². The molecule has 4 nitrogen and oxygen atoms in total. The molecule has 5 heteroatoms. The summed E-state index contributed by atoms with van der Waals surface area (Å²) in [4.78, 5) is 11.8. The van der Waals surface area contributed by atoms with Crippen molar-refractivity contribution in [3.63, 3.8) is 0 Å². The molecule has 3 N–H and O–H groups in total. The van der Waals surface area contributed by atoms with Crippen LogP contribution >= 0.6 is 0 Å². The van der Waals surface area contributed by atoms with E-state index in [0.717, 1.165) is 11.3 Å². The molecule has 0 radical (unpaired) electrons. The molecule has 0 aromatic heterocycles. The van der Waals surface area contributed by atoms with Gasteiger partial charge in [0.05, 0.1) is 19.2 Å². The maximum absolute atomic E-state index is 13.5. The maximum atomic E-state index is 13.5. The number of hydrogen-bond acceptors (Lipinski definition) is 3. The van der Waals surface area contributed by atoms with Gasteiger partial charge in [-0.3, -0.25) is 4.79 Å². The summed E-state index contributed by atoms with van der Waals surface area (Å²) in [6.07, 6.45) is 0.161. The number of nitrogens with one attached hydrogen (secondary N) is 1. The fourth-order valence-electron chi connectivity index (χ4n) is 1.76. The van der Waals surface area contributed by atoms with E-state index in [1.807, 2.05) is 0 Å². The first-order chi connectivity index (χ1) is 9.58. The number of rotatable bonds is 4. The number of benzene rings is 2. The second-order valence-corrected chi connectivity index (χ2v) is 4.31. The second kappa shape index (κ2) is 6.06. The molecule has 1 amide bonds. The molecule has 2 rings (SSSR count). The Kier molecular flexibility index (Phi) is 4.20. The number of nitrogen functional groups attached to an aromatic ring is 1. The van der Waals surface area contributed by atoms with Gasteiger partial charge >= 0.3 is 0 Å². The predicted octanol–water partition coefficient (Wildman–Crippen LogP) is 2.60. The smallest absolute Gasteiger partial charge is 0.228 e. The number of carbonyl (C=O) groups excluding carboxylic acids is 1. The first-order valence-electron chi connectivity index (χ1n) is 6.06. The Labute approximate surface area is 116 Å². The fourth-order valence-corrected chi connectivity index (χ4v) is 1.76. The van der Waals surface area contributed by atoms with Crippen molar-refractivity contribution in [2.45, 2.75) is 6.42 Å². The lowest BCUT2D eigenvalue weighted by Gasteiger charge is -2.07. The molecule has 0 bridgehead atoms. The maximum Gasteiger partial charge on any atom is 0.228 e. The van der Waals surface area contributed by atoms with Crippen molar-refractivity contribution in [1.82, 2.24) is 0 Å². The number of halogens is 1. The van der Waals surface area contributed by atoms with Crippen molar-refractivity contribution < 1.29 is 13.9 Å². The molecule has 20 heavy (non-hydrogen) atoms. The molecule has 0 saturated heterocycles. The van der Waals surface area contributed by atoms with Gasteiger partial charge in [0.25, 0.3) is 0 Å². The monoisotopic (exact) mass is 274 g/mol. The van der Waals surface area contributed by atoms with Crippen LogP contribution in [0.3, 0.4) is 0 Å². The van der Waals surface area contributed by atoms with E-state index in [-0.39, 0.29) is 18.0 Å². The summed E-state index contributed by atoms with van der Waals surface area (Å²) in [5.41, 5.74) is 6.70. The van der Waals surface area contributed by atoms with Crippen molar-refractivity contribution in [2.75, 3.05) is 18.2 Å². The van der Waals surface area contributed by atoms with E-state index in [4.69, 9.17) is 10.5 Å². The minimum atomic E-state index is -0.548. The zero-order valence-electron chi connectivity index (χ0n) is 11.0. The molecular formula is C15H15FN2O2. The van der Waals surface area contributed by atoms with Crippen LogP contribution in [-0.2, 0) is 11.2 Å². The summed E-state index contributed by atoms with van der Waals surface area (Å²) in [5.74, 6) is -0.120. The fraction of sp³-hybridized carbons (Fsp3) is 0.133. The molecular weight excluding hydrogens is 259 g/mol. The van der Waals surface area contributed by atoms with E-state index >= 15 is 0 Å². The zero-order valence-corrected chi connectivity index (χ0v) is 11.0. The highest BCUT2D eigenvalue weighted by atomic mass is 19.1. The lowest BCUT2D eigenvalue weighted by Crippen LogP contribution is -2.15. The Morgan fingerprint density at radius 2 is 1.95 bits per heavy atom. The van der Waals surface area contributed by atoms with Crippen LogP contribution in [0.2, 0.25) is 0 Å². The second-order valence-electron chi connectivity index (χ2n) is 4.31. The standard InChI is InChI=1S/C15H15FN2O2/c1-20-12-5-2-10(3-6-12)8-15(19)18-14-7-4-11(17)9-13(14)16/h2-7,9H,8,17H2,1H3,(H,18,19). The van der Waals surface area contributed by atoms with E-state index in [1.54, 1.807) is 31.4 Å². The van der Waals surface area contributed by atoms with Crippen LogP contribution < -0.4 is 15.8 Å². The molecule has 0 saturated carbocycles. The van der Waals surface area contributed by atoms with Crippen molar-refractivity contribution in [3.8, 4) is 5.75 Å². The largest absolute Gasteiger partial charge is 0.497 e. The molecule has 0 atom stereocenters. The van der Waals surface area contributed by atoms with Gasteiger partial charge < -0.3 is 15.8 Å². The molecule has 0 heterocycles. The lowest BCUT2D eigenvalue weighted by atomic mass is 10.1. The molecule has 0 aliphatic carbocycles. The summed E-state index contributed by atoms with van der Waals surface area (Å²) in [7, 11) is 1.57. The van der Waals surface area contributed by atoms with E-state index in [2.05, 4.69) is 5.32 Å². The number of carbonyl (C=O) groups is 1. The molecule has 0 spiro atoms. The van der Waals surface area contributed by atoms with Crippen molar-refractivity contribution in [1.29, 1.82) is 0 Å². The summed E-state index contributed by atoms with van der Waals surface area (Å²) in [5, 5.41) is 2.51. The number of amides is 1. The van der Waals surface area contributed by atoms with Crippen LogP contribution in [0.5, 0.6) is 5.75 Å². The quantitative estimate of drug-likeness (QED) is 0.842. The van der Waals surface area contributed by atoms with Crippen molar-refractivity contribution in [3.05, 3.63) is 53.8 Å². The van der Waals surface area contributed by atoms with Gasteiger partial charge in [0.15, 0.2) is 0 Å². The lowest BCUT2D eigenvalue weighted by molar-refractivity contribution is -0.115. The zero-order chi connectivity index (χ0) is 14.5. The van der Waals surface area contributed by atoms with Gasteiger partial charge in [0, 0.05) is 5.69 Å². The van der Waals surface area contributed by atoms with Gasteiger partial charge in [0.1, 0.15) is 11.6 Å². The first-order valence-corrected chi connectivity index (χ1v) is 6.06. The topological polar surface area (TPSA) is 64.3 Å². The van der Waals surface area contributed by atoms with Gasteiger partial charge in [0.2, 0.25) is 5.91 Å². The van der Waals surface area contributed by atoms with Crippen LogP contribution in [-0.4, -0.2) is 13.0 Å². The molecule has 0 aliphatic rings. The highest BCUT2D eigenvalue weighted by molar-refractivity contribution is 5.92. The van der Waals surface area contributed by atoms with Gasteiger partial charge in [-0.05, 0) is 35.9 Å². The van der Waals surface area contributed by atoms with E-state index in [1.165, 1.54) is 18.2 Å². The number of ether oxygens (including phenoxy) is 1. The highest BCUT2D eigenvalue weighted by Gasteiger charge is 2.08. The van der Waals surface area contributed by atoms with E-state index in [0.29, 0.717) is 5.69 Å². The van der Waals surface area contributed by atoms with Crippen LogP contribution in [0.25, 0.3) is 0 Å². The minimum Gasteiger partial charge on any atom is -0.497 e. The SMILES string of the molecule is COc1ccc(CC(=O)Nc2ccc(N)cc2F)cc1. The minimum absolute atomic E-state index is 0.123. The van der Waals surface area contributed by atoms with Crippen molar-refractivity contribution in [2.24, 2.45) is 0 Å². The van der Waals surface area contributed by atoms with Crippen molar-refractivity contribution >= 4 is 17.3 Å². The van der Waals surface area contributed by atoms with E-state index in [9.17, 15) is 9.18 Å². The Bertz CT molecular complexity index is 612. The molecule has 0 unspecified atom stereocenters. The van der Waals surface area contributed by atoms with Crippen LogP contribution in [0, 0.1) is 5.82 Å². The summed E-state index contributed by atoms with van der Waals surface area (Å²) in [6, 6.07) is 11.3. The predicted molar refractivity (Wildman–Crippen MR) is 76.1 cm³/mol. The number of nitrogens with two attached hydrogens (primary N) is 1. The average molecular weight is 274 g/mol. The Hall–Kier alpha value is -2.56. The first kappa shape index (κ1) is 13.9. The normalized spacial score (nSPS) is 10.1. The summed E-state index contributed by atoms with van der Waals surface area (Å²) >= 11 is 0.